The SMILES string of the molecule is CSc1ncccc1C(=O)N1CCC(COc2ccncc2Cl)CC1. The molecule has 5 nitrogen and oxygen atoms in total. The maximum Gasteiger partial charge on any atom is 0.256 e. The summed E-state index contributed by atoms with van der Waals surface area (Å²) in [6, 6.07) is 5.43. The van der Waals surface area contributed by atoms with Crippen molar-refractivity contribution >= 4 is 29.3 Å². The summed E-state index contributed by atoms with van der Waals surface area (Å²) in [6.07, 6.45) is 8.74. The van der Waals surface area contributed by atoms with Gasteiger partial charge in [0.25, 0.3) is 5.91 Å². The van der Waals surface area contributed by atoms with Crippen molar-refractivity contribution in [2.45, 2.75) is 17.9 Å². The molecule has 1 aliphatic heterocycles. The molecule has 0 aromatic carbocycles. The summed E-state index contributed by atoms with van der Waals surface area (Å²) in [5.74, 6) is 1.14. The number of thioether (sulfide) groups is 1. The Labute approximate surface area is 156 Å². The van der Waals surface area contributed by atoms with Gasteiger partial charge in [0, 0.05) is 37.7 Å². The predicted molar refractivity (Wildman–Crippen MR) is 99.4 cm³/mol. The standard InChI is InChI=1S/C18H20ClN3O2S/c1-25-17-14(3-2-7-21-17)18(23)22-9-5-13(6-10-22)12-24-16-4-8-20-11-15(16)19/h2-4,7-8,11,13H,5-6,9-10,12H2,1H3. The van der Waals surface area contributed by atoms with Crippen LogP contribution in [0, 0.1) is 5.92 Å². The van der Waals surface area contributed by atoms with E-state index < -0.39 is 0 Å². The van der Waals surface area contributed by atoms with E-state index in [1.165, 1.54) is 11.8 Å². The number of hydrogen-bond donors (Lipinski definition) is 0. The number of pyridine rings is 2. The molecule has 1 fully saturated rings. The minimum Gasteiger partial charge on any atom is -0.492 e. The second-order valence-corrected chi connectivity index (χ2v) is 7.12. The Bertz CT molecular complexity index is 736. The number of carbonyl (C=O) groups is 1. The van der Waals surface area contributed by atoms with Crippen LogP contribution in [0.2, 0.25) is 5.02 Å². The lowest BCUT2D eigenvalue weighted by Gasteiger charge is -2.32. The normalized spacial score (nSPS) is 15.2. The van der Waals surface area contributed by atoms with Crippen molar-refractivity contribution in [1.29, 1.82) is 0 Å². The number of hydrogen-bond acceptors (Lipinski definition) is 5. The van der Waals surface area contributed by atoms with Crippen LogP contribution in [0.15, 0.2) is 41.8 Å². The van der Waals surface area contributed by atoms with Gasteiger partial charge in [-0.1, -0.05) is 11.6 Å². The molecule has 132 valence electrons. The fraction of sp³-hybridized carbons (Fsp3) is 0.389. The number of piperidine rings is 1. The van der Waals surface area contributed by atoms with Crippen LogP contribution < -0.4 is 4.74 Å². The van der Waals surface area contributed by atoms with Crippen molar-refractivity contribution in [3.63, 3.8) is 0 Å². The first-order chi connectivity index (χ1) is 12.2. The van der Waals surface area contributed by atoms with E-state index in [-0.39, 0.29) is 5.91 Å². The van der Waals surface area contributed by atoms with Crippen molar-refractivity contribution in [2.75, 3.05) is 26.0 Å². The molecule has 3 rings (SSSR count). The first-order valence-electron chi connectivity index (χ1n) is 8.19. The quantitative estimate of drug-likeness (QED) is 0.742. The van der Waals surface area contributed by atoms with Crippen molar-refractivity contribution in [2.24, 2.45) is 5.92 Å². The number of ether oxygens (including phenoxy) is 1. The van der Waals surface area contributed by atoms with Crippen molar-refractivity contribution in [1.82, 2.24) is 14.9 Å². The Balaban J connectivity index is 1.53. The fourth-order valence-corrected chi connectivity index (χ4v) is 3.59. The predicted octanol–water partition coefficient (Wildman–Crippen LogP) is 3.78. The summed E-state index contributed by atoms with van der Waals surface area (Å²) in [5.41, 5.74) is 0.688. The van der Waals surface area contributed by atoms with Gasteiger partial charge in [-0.05, 0) is 37.1 Å². The molecule has 2 aromatic heterocycles. The Morgan fingerprint density at radius 3 is 2.88 bits per heavy atom. The summed E-state index contributed by atoms with van der Waals surface area (Å²) in [6.45, 7) is 2.08. The van der Waals surface area contributed by atoms with Crippen molar-refractivity contribution in [3.05, 3.63) is 47.4 Å². The van der Waals surface area contributed by atoms with Gasteiger partial charge in [-0.15, -0.1) is 11.8 Å². The molecule has 0 atom stereocenters. The second kappa shape index (κ2) is 8.54. The smallest absolute Gasteiger partial charge is 0.256 e. The third kappa shape index (κ3) is 4.44. The third-order valence-corrected chi connectivity index (χ3v) is 5.30. The maximum absolute atomic E-state index is 12.7. The van der Waals surface area contributed by atoms with Gasteiger partial charge >= 0.3 is 0 Å². The van der Waals surface area contributed by atoms with Crippen LogP contribution in [0.3, 0.4) is 0 Å². The average Bonchev–Trinajstić information content (AvgIpc) is 2.67. The van der Waals surface area contributed by atoms with Crippen LogP contribution in [-0.2, 0) is 0 Å². The van der Waals surface area contributed by atoms with E-state index in [0.29, 0.717) is 28.9 Å². The first kappa shape index (κ1) is 18.0. The number of carbonyl (C=O) groups excluding carboxylic acids is 1. The Morgan fingerprint density at radius 2 is 2.16 bits per heavy atom. The van der Waals surface area contributed by atoms with Gasteiger partial charge < -0.3 is 9.64 Å². The molecule has 1 saturated heterocycles. The van der Waals surface area contributed by atoms with Gasteiger partial charge in [-0.25, -0.2) is 4.98 Å². The zero-order valence-corrected chi connectivity index (χ0v) is 15.6. The molecule has 0 bridgehead atoms. The molecule has 2 aromatic rings. The van der Waals surface area contributed by atoms with Gasteiger partial charge in [0.15, 0.2) is 0 Å². The van der Waals surface area contributed by atoms with E-state index in [2.05, 4.69) is 9.97 Å². The molecule has 0 N–H and O–H groups in total. The van der Waals surface area contributed by atoms with E-state index in [1.807, 2.05) is 23.3 Å². The highest BCUT2D eigenvalue weighted by molar-refractivity contribution is 7.98. The Morgan fingerprint density at radius 1 is 1.36 bits per heavy atom. The fourth-order valence-electron chi connectivity index (χ4n) is 2.88. The maximum atomic E-state index is 12.7. The number of halogens is 1. The highest BCUT2D eigenvalue weighted by Crippen LogP contribution is 2.26. The number of amides is 1. The molecule has 0 spiro atoms. The topological polar surface area (TPSA) is 55.3 Å². The second-order valence-electron chi connectivity index (χ2n) is 5.91. The summed E-state index contributed by atoms with van der Waals surface area (Å²) in [7, 11) is 0. The van der Waals surface area contributed by atoms with E-state index in [4.69, 9.17) is 16.3 Å². The molecule has 7 heteroatoms. The van der Waals surface area contributed by atoms with Gasteiger partial charge in [-0.2, -0.15) is 0 Å². The highest BCUT2D eigenvalue weighted by Gasteiger charge is 2.25. The van der Waals surface area contributed by atoms with Gasteiger partial charge in [0.05, 0.1) is 12.2 Å². The zero-order chi connectivity index (χ0) is 17.6. The summed E-state index contributed by atoms with van der Waals surface area (Å²) in [5, 5.41) is 1.31. The number of aromatic nitrogens is 2. The van der Waals surface area contributed by atoms with Crippen LogP contribution in [-0.4, -0.2) is 46.7 Å². The lowest BCUT2D eigenvalue weighted by molar-refractivity contribution is 0.0657. The molecular formula is C18H20ClN3O2S. The third-order valence-electron chi connectivity index (χ3n) is 4.31. The molecule has 0 radical (unpaired) electrons. The van der Waals surface area contributed by atoms with Crippen molar-refractivity contribution in [3.8, 4) is 5.75 Å². The molecule has 1 amide bonds. The van der Waals surface area contributed by atoms with Crippen molar-refractivity contribution < 1.29 is 9.53 Å². The van der Waals surface area contributed by atoms with Gasteiger partial charge in [0.1, 0.15) is 15.8 Å². The largest absolute Gasteiger partial charge is 0.492 e. The lowest BCUT2D eigenvalue weighted by atomic mass is 9.97. The molecule has 0 saturated carbocycles. The van der Waals surface area contributed by atoms with E-state index in [0.717, 1.165) is 31.0 Å². The van der Waals surface area contributed by atoms with E-state index in [1.54, 1.807) is 24.7 Å². The number of nitrogens with zero attached hydrogens (tertiary/aromatic N) is 3. The highest BCUT2D eigenvalue weighted by atomic mass is 35.5. The monoisotopic (exact) mass is 377 g/mol. The van der Waals surface area contributed by atoms with Crippen LogP contribution in [0.4, 0.5) is 0 Å². The van der Waals surface area contributed by atoms with Gasteiger partial charge in [0.2, 0.25) is 0 Å². The van der Waals surface area contributed by atoms with Crippen LogP contribution >= 0.6 is 23.4 Å². The Kier molecular flexibility index (Phi) is 6.15. The molecule has 0 unspecified atom stereocenters. The van der Waals surface area contributed by atoms with Crippen LogP contribution in [0.5, 0.6) is 5.75 Å². The summed E-state index contributed by atoms with van der Waals surface area (Å²) < 4.78 is 5.80. The number of rotatable bonds is 5. The minimum atomic E-state index is 0.0639. The van der Waals surface area contributed by atoms with E-state index >= 15 is 0 Å². The van der Waals surface area contributed by atoms with Crippen LogP contribution in [0.25, 0.3) is 0 Å². The molecule has 1 aliphatic rings. The molecular weight excluding hydrogens is 358 g/mol. The first-order valence-corrected chi connectivity index (χ1v) is 9.80. The molecule has 0 aliphatic carbocycles. The molecule has 25 heavy (non-hydrogen) atoms. The molecule has 3 heterocycles. The average molecular weight is 378 g/mol. The van der Waals surface area contributed by atoms with Crippen LogP contribution in [0.1, 0.15) is 23.2 Å². The lowest BCUT2D eigenvalue weighted by Crippen LogP contribution is -2.40. The summed E-state index contributed by atoms with van der Waals surface area (Å²) >= 11 is 7.55. The number of likely N-dealkylation sites (tertiary alicyclic amines) is 1. The summed E-state index contributed by atoms with van der Waals surface area (Å²) in [4.78, 5) is 22.9. The zero-order valence-electron chi connectivity index (χ0n) is 14.0. The minimum absolute atomic E-state index is 0.0639. The van der Waals surface area contributed by atoms with Gasteiger partial charge in [-0.3, -0.25) is 9.78 Å². The Hall–Kier alpha value is -1.79. The van der Waals surface area contributed by atoms with E-state index in [9.17, 15) is 4.79 Å².